The third kappa shape index (κ3) is 8.45. The highest BCUT2D eigenvalue weighted by atomic mass is 35.5. The van der Waals surface area contributed by atoms with Gasteiger partial charge >= 0.3 is 10.3 Å². The topological polar surface area (TPSA) is 154 Å². The summed E-state index contributed by atoms with van der Waals surface area (Å²) >= 11 is 13.8. The SMILES string of the molecule is CC(C)[Si](O[C@H]1C[C@H](Nc2ncncc2C(=O)c2cc([C@@](C)(O)c3cccc(Cl)c3)c(Cl)s2)C[C@@H]1COS(N)(=O)=O)(C(C)C)C(C)C. The lowest BCUT2D eigenvalue weighted by Crippen LogP contribution is -2.51. The van der Waals surface area contributed by atoms with Gasteiger partial charge in [-0.1, -0.05) is 76.9 Å². The molecule has 0 amide bonds. The number of thiophene rings is 1. The molecule has 47 heavy (non-hydrogen) atoms. The number of hydrogen-bond donors (Lipinski definition) is 3. The monoisotopic (exact) mass is 742 g/mol. The molecule has 0 saturated heterocycles. The molecule has 1 aliphatic rings. The molecule has 15 heteroatoms. The molecule has 2 aromatic heterocycles. The van der Waals surface area contributed by atoms with Crippen molar-refractivity contribution in [3.63, 3.8) is 0 Å². The second-order valence-corrected chi connectivity index (χ2v) is 22.0. The van der Waals surface area contributed by atoms with E-state index < -0.39 is 24.2 Å². The van der Waals surface area contributed by atoms with E-state index in [1.807, 2.05) is 0 Å². The lowest BCUT2D eigenvalue weighted by molar-refractivity contribution is 0.102. The van der Waals surface area contributed by atoms with Crippen LogP contribution in [0, 0.1) is 5.92 Å². The molecule has 0 unspecified atom stereocenters. The number of aliphatic hydroxyl groups is 1. The number of nitrogens with two attached hydrogens (primary N) is 1. The van der Waals surface area contributed by atoms with Crippen LogP contribution in [0.5, 0.6) is 0 Å². The van der Waals surface area contributed by atoms with Crippen molar-refractivity contribution in [2.45, 2.75) is 95.7 Å². The lowest BCUT2D eigenvalue weighted by atomic mass is 9.89. The number of ketones is 1. The minimum absolute atomic E-state index is 0.112. The van der Waals surface area contributed by atoms with Crippen molar-refractivity contribution in [1.82, 2.24) is 9.97 Å². The summed E-state index contributed by atoms with van der Waals surface area (Å²) in [5.74, 6) is -0.296. The Kier molecular flexibility index (Phi) is 12.0. The zero-order valence-corrected chi connectivity index (χ0v) is 31.8. The van der Waals surface area contributed by atoms with Gasteiger partial charge in [0.1, 0.15) is 17.7 Å². The number of anilines is 1. The van der Waals surface area contributed by atoms with Gasteiger partial charge in [-0.05, 0) is 60.2 Å². The molecule has 2 heterocycles. The number of nitrogens with one attached hydrogen (secondary N) is 1. The van der Waals surface area contributed by atoms with E-state index in [-0.39, 0.29) is 40.4 Å². The second kappa shape index (κ2) is 14.9. The minimum Gasteiger partial charge on any atom is -0.413 e. The van der Waals surface area contributed by atoms with E-state index in [0.717, 1.165) is 11.3 Å². The van der Waals surface area contributed by atoms with Gasteiger partial charge in [-0.3, -0.25) is 8.98 Å². The second-order valence-electron chi connectivity index (χ2n) is 13.3. The van der Waals surface area contributed by atoms with Gasteiger partial charge in [0, 0.05) is 28.7 Å². The standard InChI is InChI=1S/C32H44Cl2N4O6S2Si/c1-18(2)47(19(3)4,20(5)6)44-27-13-24(11-21(27)16-43-46(35,41)42)38-31-25(15-36-17-37-31)29(39)28-14-26(30(34)45-28)32(7,40)22-9-8-10-23(33)12-22/h8-10,12,14-15,17-21,24,27,40H,11,13,16H2,1-7H3,(H2,35,41,42)(H,36,37,38)/t21-,24-,27+,32+/m1/s1. The molecule has 4 N–H and O–H groups in total. The van der Waals surface area contributed by atoms with Crippen molar-refractivity contribution in [2.75, 3.05) is 11.9 Å². The number of hydrogen-bond acceptors (Lipinski definition) is 10. The highest BCUT2D eigenvalue weighted by Gasteiger charge is 2.49. The van der Waals surface area contributed by atoms with E-state index in [1.54, 1.807) is 37.3 Å². The first-order valence-electron chi connectivity index (χ1n) is 15.6. The van der Waals surface area contributed by atoms with Gasteiger partial charge in [0.2, 0.25) is 14.1 Å². The first kappa shape index (κ1) is 37.9. The summed E-state index contributed by atoms with van der Waals surface area (Å²) in [6.07, 6.45) is 3.57. The first-order valence-corrected chi connectivity index (χ1v) is 20.8. The number of rotatable bonds is 14. The zero-order valence-electron chi connectivity index (χ0n) is 27.7. The van der Waals surface area contributed by atoms with Crippen molar-refractivity contribution in [3.05, 3.63) is 73.8 Å². The van der Waals surface area contributed by atoms with Gasteiger partial charge in [0.15, 0.2) is 0 Å². The Morgan fingerprint density at radius 1 is 1.15 bits per heavy atom. The number of carbonyl (C=O) groups excluding carboxylic acids is 1. The van der Waals surface area contributed by atoms with E-state index in [9.17, 15) is 18.3 Å². The van der Waals surface area contributed by atoms with Crippen LogP contribution in [0.1, 0.15) is 87.7 Å². The normalized spacial score (nSPS) is 20.3. The fourth-order valence-electron chi connectivity index (χ4n) is 7.07. The maximum atomic E-state index is 13.9. The molecule has 0 aliphatic heterocycles. The molecule has 0 radical (unpaired) electrons. The predicted molar refractivity (Wildman–Crippen MR) is 190 cm³/mol. The molecule has 1 aromatic carbocycles. The van der Waals surface area contributed by atoms with Crippen LogP contribution < -0.4 is 10.5 Å². The molecule has 1 fully saturated rings. The smallest absolute Gasteiger partial charge is 0.333 e. The van der Waals surface area contributed by atoms with Crippen LogP contribution in [0.15, 0.2) is 42.9 Å². The summed E-state index contributed by atoms with van der Waals surface area (Å²) in [6, 6.07) is 8.21. The highest BCUT2D eigenvalue weighted by molar-refractivity contribution is 7.84. The molecule has 0 spiro atoms. The van der Waals surface area contributed by atoms with Gasteiger partial charge in [0.05, 0.1) is 27.5 Å². The Bertz CT molecular complexity index is 1660. The third-order valence-corrected chi connectivity index (χ3v) is 17.4. The Morgan fingerprint density at radius 3 is 2.40 bits per heavy atom. The van der Waals surface area contributed by atoms with E-state index in [1.165, 1.54) is 12.5 Å². The Labute approximate surface area is 292 Å². The Morgan fingerprint density at radius 2 is 1.81 bits per heavy atom. The molecule has 4 atom stereocenters. The summed E-state index contributed by atoms with van der Waals surface area (Å²) in [5, 5.41) is 20.5. The summed E-state index contributed by atoms with van der Waals surface area (Å²) in [6.45, 7) is 14.7. The Hall–Kier alpha value is -1.94. The quantitative estimate of drug-likeness (QED) is 0.114. The number of aromatic nitrogens is 2. The van der Waals surface area contributed by atoms with Gasteiger partial charge in [-0.2, -0.15) is 8.42 Å². The van der Waals surface area contributed by atoms with Crippen LogP contribution in [0.2, 0.25) is 26.0 Å². The molecular weight excluding hydrogens is 700 g/mol. The van der Waals surface area contributed by atoms with Crippen molar-refractivity contribution in [2.24, 2.45) is 11.1 Å². The van der Waals surface area contributed by atoms with Crippen LogP contribution in [-0.2, 0) is 24.5 Å². The minimum atomic E-state index is -4.15. The van der Waals surface area contributed by atoms with Crippen molar-refractivity contribution in [3.8, 4) is 0 Å². The summed E-state index contributed by atoms with van der Waals surface area (Å²) in [5.41, 5.74) is 0.609. The molecular formula is C32H44Cl2N4O6S2Si. The third-order valence-electron chi connectivity index (χ3n) is 9.26. The predicted octanol–water partition coefficient (Wildman–Crippen LogP) is 7.30. The lowest BCUT2D eigenvalue weighted by Gasteiger charge is -2.45. The van der Waals surface area contributed by atoms with E-state index in [4.69, 9.17) is 36.9 Å². The molecule has 258 valence electrons. The number of benzene rings is 1. The van der Waals surface area contributed by atoms with Crippen LogP contribution in [0.25, 0.3) is 0 Å². The van der Waals surface area contributed by atoms with Crippen LogP contribution in [0.4, 0.5) is 5.82 Å². The number of carbonyl (C=O) groups is 1. The first-order chi connectivity index (χ1) is 21.9. The van der Waals surface area contributed by atoms with E-state index in [0.29, 0.717) is 56.3 Å². The van der Waals surface area contributed by atoms with E-state index >= 15 is 0 Å². The van der Waals surface area contributed by atoms with Crippen molar-refractivity contribution < 1.29 is 26.9 Å². The van der Waals surface area contributed by atoms with Gasteiger partial charge in [-0.15, -0.1) is 11.3 Å². The average Bonchev–Trinajstić information content (AvgIpc) is 3.56. The summed E-state index contributed by atoms with van der Waals surface area (Å²) in [7, 11) is -6.48. The fourth-order valence-corrected chi connectivity index (χ4v) is 14.7. The van der Waals surface area contributed by atoms with Crippen LogP contribution in [-0.4, -0.2) is 56.3 Å². The van der Waals surface area contributed by atoms with Gasteiger partial charge in [0.25, 0.3) is 0 Å². The largest absolute Gasteiger partial charge is 0.413 e. The van der Waals surface area contributed by atoms with Crippen LogP contribution in [0.3, 0.4) is 0 Å². The Balaban J connectivity index is 1.61. The van der Waals surface area contributed by atoms with Gasteiger partial charge < -0.3 is 14.8 Å². The summed E-state index contributed by atoms with van der Waals surface area (Å²) in [4.78, 5) is 22.7. The fraction of sp³-hybridized carbons (Fsp3) is 0.531. The van der Waals surface area contributed by atoms with Gasteiger partial charge in [-0.25, -0.2) is 15.1 Å². The average molecular weight is 744 g/mol. The maximum Gasteiger partial charge on any atom is 0.333 e. The number of nitrogens with zero attached hydrogens (tertiary/aromatic N) is 2. The zero-order chi connectivity index (χ0) is 34.9. The van der Waals surface area contributed by atoms with Crippen molar-refractivity contribution in [1.29, 1.82) is 0 Å². The maximum absolute atomic E-state index is 13.9. The molecule has 10 nitrogen and oxygen atoms in total. The molecule has 3 aromatic rings. The molecule has 0 bridgehead atoms. The van der Waals surface area contributed by atoms with Crippen molar-refractivity contribution >= 4 is 64.8 Å². The van der Waals surface area contributed by atoms with Crippen LogP contribution >= 0.6 is 34.5 Å². The molecule has 1 saturated carbocycles. The molecule has 1 aliphatic carbocycles. The molecule has 4 rings (SSSR count). The summed E-state index contributed by atoms with van der Waals surface area (Å²) < 4.78 is 35.9. The highest BCUT2D eigenvalue weighted by Crippen LogP contribution is 2.46. The number of halogens is 2. The van der Waals surface area contributed by atoms with E-state index in [2.05, 4.69) is 56.8 Å².